The molecular weight excluding hydrogens is 619 g/mol. The lowest BCUT2D eigenvalue weighted by atomic mass is 9.94. The summed E-state index contributed by atoms with van der Waals surface area (Å²) in [6.07, 6.45) is -0.239. The molecule has 11 rings (SSSR count). The molecule has 49 heavy (non-hydrogen) atoms. The van der Waals surface area contributed by atoms with Gasteiger partial charge in [0.25, 0.3) is 0 Å². The molecule has 0 saturated heterocycles. The van der Waals surface area contributed by atoms with Crippen LogP contribution in [0, 0.1) is 0 Å². The predicted octanol–water partition coefficient (Wildman–Crippen LogP) is 12.0. The number of para-hydroxylation sites is 2. The van der Waals surface area contributed by atoms with Crippen LogP contribution in [0.15, 0.2) is 156 Å². The topological polar surface area (TPSA) is 42.1 Å². The van der Waals surface area contributed by atoms with Gasteiger partial charge in [-0.2, -0.15) is 0 Å². The number of thiophene rings is 1. The highest BCUT2D eigenvalue weighted by Crippen LogP contribution is 2.46. The van der Waals surface area contributed by atoms with E-state index in [0.717, 1.165) is 44.0 Å². The lowest BCUT2D eigenvalue weighted by Gasteiger charge is -2.36. The summed E-state index contributed by atoms with van der Waals surface area (Å²) < 4.78 is 11.7. The molecule has 1 aliphatic rings. The summed E-state index contributed by atoms with van der Waals surface area (Å²) >= 11 is 1.88. The third kappa shape index (κ3) is 3.94. The van der Waals surface area contributed by atoms with E-state index in [1.165, 1.54) is 47.8 Å². The molecule has 5 heteroatoms. The average molecular weight is 648 g/mol. The quantitative estimate of drug-likeness (QED) is 0.201. The van der Waals surface area contributed by atoms with E-state index in [1.807, 2.05) is 17.4 Å². The van der Waals surface area contributed by atoms with Crippen molar-refractivity contribution < 1.29 is 4.42 Å². The maximum atomic E-state index is 6.66. The van der Waals surface area contributed by atoms with Gasteiger partial charge >= 0.3 is 0 Å². The molecular formula is C44H29N3OS. The first kappa shape index (κ1) is 27.1. The van der Waals surface area contributed by atoms with E-state index in [-0.39, 0.29) is 12.3 Å². The van der Waals surface area contributed by atoms with Gasteiger partial charge in [-0.25, -0.2) is 0 Å². The molecule has 3 aromatic heterocycles. The molecule has 0 aliphatic carbocycles. The first-order chi connectivity index (χ1) is 24.3. The van der Waals surface area contributed by atoms with Gasteiger partial charge in [-0.3, -0.25) is 5.32 Å². The summed E-state index contributed by atoms with van der Waals surface area (Å²) in [6.45, 7) is 0. The van der Waals surface area contributed by atoms with Gasteiger partial charge in [0.2, 0.25) is 0 Å². The Morgan fingerprint density at radius 3 is 2.24 bits per heavy atom. The van der Waals surface area contributed by atoms with Crippen LogP contribution in [-0.2, 0) is 0 Å². The number of nitrogens with one attached hydrogen (secondary N) is 2. The SMILES string of the molecule is c1ccc(-c2ccc3c4c5oc6ccccc6c5ccc4n(C4Nc5ccccc5C(c5cccc6c5sc5ccccc56)N4)c3c2)cc1. The van der Waals surface area contributed by atoms with E-state index in [2.05, 4.69) is 161 Å². The maximum Gasteiger partial charge on any atom is 0.160 e. The first-order valence-electron chi connectivity index (χ1n) is 16.8. The smallest absolute Gasteiger partial charge is 0.160 e. The van der Waals surface area contributed by atoms with Crippen molar-refractivity contribution in [2.24, 2.45) is 0 Å². The maximum absolute atomic E-state index is 6.66. The predicted molar refractivity (Wildman–Crippen MR) is 206 cm³/mol. The van der Waals surface area contributed by atoms with Crippen LogP contribution >= 0.6 is 11.3 Å². The largest absolute Gasteiger partial charge is 0.455 e. The molecule has 4 heterocycles. The highest BCUT2D eigenvalue weighted by molar-refractivity contribution is 7.26. The summed E-state index contributed by atoms with van der Waals surface area (Å²) in [5.41, 5.74) is 10.2. The Labute approximate surface area is 285 Å². The Morgan fingerprint density at radius 1 is 0.551 bits per heavy atom. The Hall–Kier alpha value is -5.88. The van der Waals surface area contributed by atoms with E-state index >= 15 is 0 Å². The van der Waals surface area contributed by atoms with Gasteiger partial charge in [0, 0.05) is 42.0 Å². The molecule has 0 radical (unpaired) electrons. The van der Waals surface area contributed by atoms with Crippen LogP contribution in [0.1, 0.15) is 23.5 Å². The zero-order valence-corrected chi connectivity index (χ0v) is 27.2. The minimum atomic E-state index is -0.239. The zero-order valence-electron chi connectivity index (χ0n) is 26.4. The van der Waals surface area contributed by atoms with Crippen LogP contribution in [0.5, 0.6) is 0 Å². The highest BCUT2D eigenvalue weighted by Gasteiger charge is 2.32. The van der Waals surface area contributed by atoms with Gasteiger partial charge in [-0.1, -0.05) is 115 Å². The van der Waals surface area contributed by atoms with Gasteiger partial charge in [-0.15, -0.1) is 11.3 Å². The van der Waals surface area contributed by atoms with E-state index in [1.54, 1.807) is 0 Å². The molecule has 0 saturated carbocycles. The second kappa shape index (κ2) is 10.3. The average Bonchev–Trinajstić information content (AvgIpc) is 3.84. The molecule has 0 spiro atoms. The number of furan rings is 1. The molecule has 7 aromatic carbocycles. The number of nitrogens with zero attached hydrogens (tertiary/aromatic N) is 1. The summed E-state index contributed by atoms with van der Waals surface area (Å²) in [5, 5.41) is 15.2. The monoisotopic (exact) mass is 647 g/mol. The van der Waals surface area contributed by atoms with Crippen molar-refractivity contribution >= 4 is 80.9 Å². The number of rotatable bonds is 3. The fraction of sp³-hybridized carbons (Fsp3) is 0.0455. The van der Waals surface area contributed by atoms with Crippen LogP contribution in [0.2, 0.25) is 0 Å². The van der Waals surface area contributed by atoms with Gasteiger partial charge in [0.05, 0.1) is 22.5 Å². The minimum absolute atomic E-state index is 0.0287. The second-order valence-electron chi connectivity index (χ2n) is 13.0. The van der Waals surface area contributed by atoms with E-state index < -0.39 is 0 Å². The molecule has 2 N–H and O–H groups in total. The van der Waals surface area contributed by atoms with Gasteiger partial charge in [0.1, 0.15) is 11.2 Å². The zero-order chi connectivity index (χ0) is 32.1. The van der Waals surface area contributed by atoms with E-state index in [4.69, 9.17) is 4.42 Å². The Bertz CT molecular complexity index is 2920. The fourth-order valence-corrected chi connectivity index (χ4v) is 9.36. The number of aromatic nitrogens is 1. The molecule has 10 aromatic rings. The van der Waals surface area contributed by atoms with Crippen molar-refractivity contribution in [1.82, 2.24) is 9.88 Å². The van der Waals surface area contributed by atoms with Crippen molar-refractivity contribution in [3.63, 3.8) is 0 Å². The van der Waals surface area contributed by atoms with Crippen LogP contribution < -0.4 is 10.6 Å². The molecule has 0 amide bonds. The molecule has 0 bridgehead atoms. The molecule has 1 aliphatic heterocycles. The van der Waals surface area contributed by atoms with E-state index in [0.29, 0.717) is 0 Å². The normalized spacial score (nSPS) is 16.2. The minimum Gasteiger partial charge on any atom is -0.455 e. The third-order valence-corrected chi connectivity index (χ3v) is 11.5. The molecule has 0 fully saturated rings. The van der Waals surface area contributed by atoms with Gasteiger partial charge in [-0.05, 0) is 58.7 Å². The van der Waals surface area contributed by atoms with Crippen molar-refractivity contribution in [3.8, 4) is 11.1 Å². The first-order valence-corrected chi connectivity index (χ1v) is 17.6. The highest BCUT2D eigenvalue weighted by atomic mass is 32.1. The van der Waals surface area contributed by atoms with Crippen molar-refractivity contribution in [2.45, 2.75) is 12.3 Å². The summed E-state index contributed by atoms with van der Waals surface area (Å²) in [5.74, 6) is 0. The van der Waals surface area contributed by atoms with Gasteiger partial charge in [0.15, 0.2) is 6.29 Å². The van der Waals surface area contributed by atoms with Crippen LogP contribution in [0.3, 0.4) is 0 Å². The Balaban J connectivity index is 1.18. The number of fused-ring (bicyclic) bond motifs is 11. The van der Waals surface area contributed by atoms with E-state index in [9.17, 15) is 0 Å². The Kier molecular flexibility index (Phi) is 5.70. The number of benzene rings is 7. The van der Waals surface area contributed by atoms with Crippen LogP contribution in [0.25, 0.3) is 75.0 Å². The third-order valence-electron chi connectivity index (χ3n) is 10.3. The van der Waals surface area contributed by atoms with Crippen molar-refractivity contribution in [2.75, 3.05) is 5.32 Å². The van der Waals surface area contributed by atoms with Crippen molar-refractivity contribution in [3.05, 3.63) is 163 Å². The number of hydrogen-bond acceptors (Lipinski definition) is 4. The molecule has 2 atom stereocenters. The molecule has 232 valence electrons. The van der Waals surface area contributed by atoms with Crippen LogP contribution in [-0.4, -0.2) is 4.57 Å². The lowest BCUT2D eigenvalue weighted by Crippen LogP contribution is -2.40. The number of hydrogen-bond donors (Lipinski definition) is 2. The second-order valence-corrected chi connectivity index (χ2v) is 14.0. The lowest BCUT2D eigenvalue weighted by molar-refractivity contribution is 0.418. The molecule has 4 nitrogen and oxygen atoms in total. The Morgan fingerprint density at radius 2 is 1.31 bits per heavy atom. The summed E-state index contributed by atoms with van der Waals surface area (Å²) in [7, 11) is 0. The van der Waals surface area contributed by atoms with Crippen LogP contribution in [0.4, 0.5) is 5.69 Å². The van der Waals surface area contributed by atoms with Crippen molar-refractivity contribution in [1.29, 1.82) is 0 Å². The standard InChI is InChI=1S/C44H29N3OS/c1-2-11-26(12-3-1)27-21-22-33-37(25-27)47(36-24-23-30-28-13-5-8-19-38(28)48-42(30)40(33)36)44-45-35-18-7-4-15-32(35)41(46-44)34-17-10-16-31-29-14-6-9-20-39(29)49-43(31)34/h1-25,41,44-46H. The molecule has 2 unspecified atom stereocenters. The number of anilines is 1. The summed E-state index contributed by atoms with van der Waals surface area (Å²) in [4.78, 5) is 0. The fourth-order valence-electron chi connectivity index (χ4n) is 8.11. The summed E-state index contributed by atoms with van der Waals surface area (Å²) in [6, 6.07) is 54.6. The van der Waals surface area contributed by atoms with Gasteiger partial charge < -0.3 is 14.3 Å².